The van der Waals surface area contributed by atoms with Crippen LogP contribution in [0.25, 0.3) is 0 Å². The van der Waals surface area contributed by atoms with E-state index in [-0.39, 0.29) is 5.91 Å². The third kappa shape index (κ3) is 4.84. The first-order valence-electron chi connectivity index (χ1n) is 11.0. The number of carbonyl (C=O) groups excluding carboxylic acids is 1. The molecule has 0 saturated carbocycles. The van der Waals surface area contributed by atoms with E-state index in [0.717, 1.165) is 82.6 Å². The Kier molecular flexibility index (Phi) is 6.06. The highest BCUT2D eigenvalue weighted by molar-refractivity contribution is 5.94. The minimum Gasteiger partial charge on any atom is -0.454 e. The number of hydrogen-bond acceptors (Lipinski definition) is 6. The number of morpholine rings is 1. The fourth-order valence-corrected chi connectivity index (χ4v) is 4.36. The maximum absolute atomic E-state index is 12.9. The van der Waals surface area contributed by atoms with E-state index in [4.69, 9.17) is 14.2 Å². The van der Waals surface area contributed by atoms with E-state index in [2.05, 4.69) is 34.1 Å². The second-order valence-corrected chi connectivity index (χ2v) is 8.34. The first-order chi connectivity index (χ1) is 15.2. The van der Waals surface area contributed by atoms with Crippen LogP contribution >= 0.6 is 0 Å². The van der Waals surface area contributed by atoms with E-state index < -0.39 is 0 Å². The van der Waals surface area contributed by atoms with Crippen molar-refractivity contribution >= 4 is 5.91 Å². The molecule has 2 fully saturated rings. The van der Waals surface area contributed by atoms with Crippen LogP contribution in [0, 0.1) is 0 Å². The molecule has 0 bridgehead atoms. The van der Waals surface area contributed by atoms with Gasteiger partial charge in [0.15, 0.2) is 11.5 Å². The summed E-state index contributed by atoms with van der Waals surface area (Å²) >= 11 is 0. The Morgan fingerprint density at radius 2 is 1.39 bits per heavy atom. The molecule has 164 valence electrons. The van der Waals surface area contributed by atoms with Crippen LogP contribution in [0.3, 0.4) is 0 Å². The van der Waals surface area contributed by atoms with Crippen molar-refractivity contribution in [3.8, 4) is 11.5 Å². The Balaban J connectivity index is 1.12. The van der Waals surface area contributed by atoms with Gasteiger partial charge in [-0.25, -0.2) is 0 Å². The van der Waals surface area contributed by atoms with Crippen LogP contribution in [0.1, 0.15) is 21.5 Å². The van der Waals surface area contributed by atoms with Gasteiger partial charge >= 0.3 is 0 Å². The summed E-state index contributed by atoms with van der Waals surface area (Å²) in [6, 6.07) is 14.2. The predicted molar refractivity (Wildman–Crippen MR) is 116 cm³/mol. The third-order valence-corrected chi connectivity index (χ3v) is 6.21. The van der Waals surface area contributed by atoms with Crippen LogP contribution in [0.5, 0.6) is 11.5 Å². The molecule has 2 aromatic rings. The molecule has 1 amide bonds. The van der Waals surface area contributed by atoms with Gasteiger partial charge in [0.25, 0.3) is 5.91 Å². The molecule has 2 aromatic carbocycles. The van der Waals surface area contributed by atoms with Gasteiger partial charge in [0.1, 0.15) is 0 Å². The summed E-state index contributed by atoms with van der Waals surface area (Å²) in [4.78, 5) is 19.7. The van der Waals surface area contributed by atoms with Crippen molar-refractivity contribution in [2.24, 2.45) is 0 Å². The molecule has 0 unspecified atom stereocenters. The fraction of sp³-hybridized carbons (Fsp3) is 0.458. The standard InChI is InChI=1S/C24H29N3O4/c28-24(21-4-1-19(2-5-21)16-26-11-13-29-14-12-26)27-9-7-25(8-10-27)17-20-3-6-22-23(15-20)31-18-30-22/h1-6,15H,7-14,16-18H2. The number of carbonyl (C=O) groups is 1. The van der Waals surface area contributed by atoms with Crippen LogP contribution in [0.15, 0.2) is 42.5 Å². The first-order valence-corrected chi connectivity index (χ1v) is 11.0. The third-order valence-electron chi connectivity index (χ3n) is 6.21. The summed E-state index contributed by atoms with van der Waals surface area (Å²) < 4.78 is 16.3. The maximum Gasteiger partial charge on any atom is 0.253 e. The smallest absolute Gasteiger partial charge is 0.253 e. The van der Waals surface area contributed by atoms with E-state index in [0.29, 0.717) is 6.79 Å². The van der Waals surface area contributed by atoms with Crippen molar-refractivity contribution < 1.29 is 19.0 Å². The van der Waals surface area contributed by atoms with E-state index in [1.807, 2.05) is 23.1 Å². The Bertz CT molecular complexity index is 904. The molecule has 0 aliphatic carbocycles. The van der Waals surface area contributed by atoms with E-state index >= 15 is 0 Å². The van der Waals surface area contributed by atoms with Crippen LogP contribution in [-0.2, 0) is 17.8 Å². The highest BCUT2D eigenvalue weighted by atomic mass is 16.7. The van der Waals surface area contributed by atoms with Crippen LogP contribution < -0.4 is 9.47 Å². The minimum atomic E-state index is 0.126. The summed E-state index contributed by atoms with van der Waals surface area (Å²) in [5.41, 5.74) is 3.22. The van der Waals surface area contributed by atoms with E-state index in [9.17, 15) is 4.79 Å². The summed E-state index contributed by atoms with van der Waals surface area (Å²) in [5.74, 6) is 1.76. The highest BCUT2D eigenvalue weighted by Crippen LogP contribution is 2.32. The van der Waals surface area contributed by atoms with Crippen molar-refractivity contribution in [1.29, 1.82) is 0 Å². The van der Waals surface area contributed by atoms with Gasteiger partial charge in [-0.15, -0.1) is 0 Å². The van der Waals surface area contributed by atoms with Crippen LogP contribution in [0.4, 0.5) is 0 Å². The van der Waals surface area contributed by atoms with Crippen LogP contribution in [0.2, 0.25) is 0 Å². The number of piperazine rings is 1. The average molecular weight is 424 g/mol. The van der Waals surface area contributed by atoms with Gasteiger partial charge in [-0.2, -0.15) is 0 Å². The lowest BCUT2D eigenvalue weighted by Gasteiger charge is -2.35. The summed E-state index contributed by atoms with van der Waals surface area (Å²) in [6.07, 6.45) is 0. The molecule has 3 aliphatic rings. The van der Waals surface area contributed by atoms with Gasteiger partial charge in [0, 0.05) is 57.9 Å². The van der Waals surface area contributed by atoms with Crippen molar-refractivity contribution in [2.45, 2.75) is 13.1 Å². The zero-order valence-corrected chi connectivity index (χ0v) is 17.8. The molecule has 0 aromatic heterocycles. The molecular weight excluding hydrogens is 394 g/mol. The Morgan fingerprint density at radius 1 is 0.742 bits per heavy atom. The topological polar surface area (TPSA) is 54.5 Å². The number of amides is 1. The molecular formula is C24H29N3O4. The normalized spacial score (nSPS) is 19.5. The number of ether oxygens (including phenoxy) is 3. The van der Waals surface area contributed by atoms with Gasteiger partial charge < -0.3 is 19.1 Å². The SMILES string of the molecule is O=C(c1ccc(CN2CCOCC2)cc1)N1CCN(Cc2ccc3c(c2)OCO3)CC1. The van der Waals surface area contributed by atoms with Crippen molar-refractivity contribution in [1.82, 2.24) is 14.7 Å². The number of fused-ring (bicyclic) bond motifs is 1. The first kappa shape index (κ1) is 20.3. The molecule has 2 saturated heterocycles. The quantitative estimate of drug-likeness (QED) is 0.735. The van der Waals surface area contributed by atoms with Gasteiger partial charge in [-0.3, -0.25) is 14.6 Å². The number of nitrogens with zero attached hydrogens (tertiary/aromatic N) is 3. The fourth-order valence-electron chi connectivity index (χ4n) is 4.36. The van der Waals surface area contributed by atoms with Gasteiger partial charge in [-0.05, 0) is 35.4 Å². The summed E-state index contributed by atoms with van der Waals surface area (Å²) in [6.45, 7) is 8.85. The number of benzene rings is 2. The maximum atomic E-state index is 12.9. The average Bonchev–Trinajstić information content (AvgIpc) is 3.28. The lowest BCUT2D eigenvalue weighted by Crippen LogP contribution is -2.48. The molecule has 0 N–H and O–H groups in total. The van der Waals surface area contributed by atoms with Crippen LogP contribution in [-0.4, -0.2) is 79.9 Å². The number of rotatable bonds is 5. The Morgan fingerprint density at radius 3 is 2.16 bits per heavy atom. The second kappa shape index (κ2) is 9.26. The Labute approximate surface area is 183 Å². The zero-order valence-electron chi connectivity index (χ0n) is 17.8. The Hall–Kier alpha value is -2.61. The molecule has 0 atom stereocenters. The lowest BCUT2D eigenvalue weighted by molar-refractivity contribution is 0.0342. The second-order valence-electron chi connectivity index (χ2n) is 8.34. The van der Waals surface area contributed by atoms with Crippen molar-refractivity contribution in [3.63, 3.8) is 0 Å². The lowest BCUT2D eigenvalue weighted by atomic mass is 10.1. The largest absolute Gasteiger partial charge is 0.454 e. The molecule has 3 heterocycles. The summed E-state index contributed by atoms with van der Waals surface area (Å²) in [5, 5.41) is 0. The molecule has 3 aliphatic heterocycles. The van der Waals surface area contributed by atoms with Crippen molar-refractivity contribution in [2.75, 3.05) is 59.3 Å². The molecule has 0 radical (unpaired) electrons. The van der Waals surface area contributed by atoms with Gasteiger partial charge in [0.2, 0.25) is 6.79 Å². The molecule has 31 heavy (non-hydrogen) atoms. The highest BCUT2D eigenvalue weighted by Gasteiger charge is 2.23. The van der Waals surface area contributed by atoms with Gasteiger partial charge in [0.05, 0.1) is 13.2 Å². The molecule has 0 spiro atoms. The minimum absolute atomic E-state index is 0.126. The number of hydrogen-bond donors (Lipinski definition) is 0. The van der Waals surface area contributed by atoms with Gasteiger partial charge in [-0.1, -0.05) is 18.2 Å². The summed E-state index contributed by atoms with van der Waals surface area (Å²) in [7, 11) is 0. The van der Waals surface area contributed by atoms with E-state index in [1.165, 1.54) is 11.1 Å². The molecule has 7 heteroatoms. The predicted octanol–water partition coefficient (Wildman–Crippen LogP) is 2.21. The van der Waals surface area contributed by atoms with Crippen molar-refractivity contribution in [3.05, 3.63) is 59.2 Å². The molecule has 5 rings (SSSR count). The monoisotopic (exact) mass is 423 g/mol. The molecule has 7 nitrogen and oxygen atoms in total. The van der Waals surface area contributed by atoms with E-state index in [1.54, 1.807) is 0 Å². The zero-order chi connectivity index (χ0) is 21.0.